The van der Waals surface area contributed by atoms with Gasteiger partial charge in [0.05, 0.1) is 7.11 Å². The van der Waals surface area contributed by atoms with Gasteiger partial charge in [0, 0.05) is 43.0 Å². The zero-order valence-corrected chi connectivity index (χ0v) is 18.0. The Morgan fingerprint density at radius 1 is 1.12 bits per heavy atom. The molecule has 0 bridgehead atoms. The van der Waals surface area contributed by atoms with Gasteiger partial charge in [-0.05, 0) is 49.2 Å². The largest absolute Gasteiger partial charge is 0.494 e. The van der Waals surface area contributed by atoms with Crippen molar-refractivity contribution in [3.05, 3.63) is 77.4 Å². The molecule has 4 rings (SSSR count). The fraction of sp³-hybridized carbons (Fsp3) is 0.292. The van der Waals surface area contributed by atoms with Gasteiger partial charge in [-0.1, -0.05) is 18.2 Å². The van der Waals surface area contributed by atoms with Gasteiger partial charge in [0.25, 0.3) is 11.8 Å². The number of hydrogen-bond acceptors (Lipinski definition) is 4. The van der Waals surface area contributed by atoms with Crippen LogP contribution < -0.4 is 9.64 Å². The van der Waals surface area contributed by atoms with Crippen molar-refractivity contribution in [2.24, 2.45) is 0 Å². The minimum absolute atomic E-state index is 0.114. The topological polar surface area (TPSA) is 78.5 Å². The van der Waals surface area contributed by atoms with Crippen LogP contribution in [0.3, 0.4) is 0 Å². The standard InChI is InChI=1S/C24H25FN4O3/c1-28(18-6-4-3-5-7-18)24(31)21-15-20(26-27-21)16-10-12-29(13-11-16)23(30)17-8-9-22(32-2)19(25)14-17/h3-9,14-16H,10-13H2,1-2H3,(H,26,27). The molecule has 1 fully saturated rings. The van der Waals surface area contributed by atoms with Crippen LogP contribution in [0.15, 0.2) is 54.6 Å². The molecular formula is C24H25FN4O3. The van der Waals surface area contributed by atoms with Crippen LogP contribution in [0.4, 0.5) is 10.1 Å². The second-order valence-electron chi connectivity index (χ2n) is 7.82. The first-order chi connectivity index (χ1) is 15.5. The highest BCUT2D eigenvalue weighted by Gasteiger charge is 2.27. The van der Waals surface area contributed by atoms with Crippen molar-refractivity contribution < 1.29 is 18.7 Å². The molecule has 0 spiro atoms. The van der Waals surface area contributed by atoms with Crippen molar-refractivity contribution in [2.75, 3.05) is 32.1 Å². The van der Waals surface area contributed by atoms with Crippen LogP contribution in [0.25, 0.3) is 0 Å². The SMILES string of the molecule is COc1ccc(C(=O)N2CCC(c3cc(C(=O)N(C)c4ccccc4)n[nH]3)CC2)cc1F. The Balaban J connectivity index is 1.38. The van der Waals surface area contributed by atoms with Crippen molar-refractivity contribution >= 4 is 17.5 Å². The number of amides is 2. The quantitative estimate of drug-likeness (QED) is 0.659. The van der Waals surface area contributed by atoms with Gasteiger partial charge in [-0.3, -0.25) is 14.7 Å². The van der Waals surface area contributed by atoms with Crippen molar-refractivity contribution in [1.29, 1.82) is 0 Å². The summed E-state index contributed by atoms with van der Waals surface area (Å²) in [5, 5.41) is 7.21. The lowest BCUT2D eigenvalue weighted by Gasteiger charge is -2.31. The van der Waals surface area contributed by atoms with Gasteiger partial charge < -0.3 is 14.5 Å². The molecule has 0 radical (unpaired) electrons. The van der Waals surface area contributed by atoms with Crippen LogP contribution in [0.1, 0.15) is 45.3 Å². The highest BCUT2D eigenvalue weighted by atomic mass is 19.1. The van der Waals surface area contributed by atoms with Crippen molar-refractivity contribution in [3.63, 3.8) is 0 Å². The molecule has 1 saturated heterocycles. The average molecular weight is 436 g/mol. The van der Waals surface area contributed by atoms with Gasteiger partial charge in [0.15, 0.2) is 17.3 Å². The Hall–Kier alpha value is -3.68. The predicted octanol–water partition coefficient (Wildman–Crippen LogP) is 3.85. The van der Waals surface area contributed by atoms with Crippen molar-refractivity contribution in [1.82, 2.24) is 15.1 Å². The van der Waals surface area contributed by atoms with E-state index in [-0.39, 0.29) is 23.5 Å². The Morgan fingerprint density at radius 2 is 1.84 bits per heavy atom. The van der Waals surface area contributed by atoms with E-state index in [4.69, 9.17) is 4.74 Å². The van der Waals surface area contributed by atoms with Gasteiger partial charge in [0.1, 0.15) is 0 Å². The normalized spacial score (nSPS) is 14.3. The third kappa shape index (κ3) is 4.34. The van der Waals surface area contributed by atoms with Crippen LogP contribution in [-0.2, 0) is 0 Å². The molecule has 3 aromatic rings. The maximum Gasteiger partial charge on any atom is 0.278 e. The molecule has 0 saturated carbocycles. The third-order valence-corrected chi connectivity index (χ3v) is 5.89. The summed E-state index contributed by atoms with van der Waals surface area (Å²) < 4.78 is 18.9. The maximum absolute atomic E-state index is 14.0. The van der Waals surface area contributed by atoms with E-state index in [1.165, 1.54) is 19.2 Å². The molecule has 0 atom stereocenters. The number of rotatable bonds is 5. The molecule has 166 valence electrons. The maximum atomic E-state index is 14.0. The van der Waals surface area contributed by atoms with E-state index in [0.29, 0.717) is 24.3 Å². The summed E-state index contributed by atoms with van der Waals surface area (Å²) in [6.07, 6.45) is 1.46. The van der Waals surface area contributed by atoms with E-state index < -0.39 is 5.82 Å². The first-order valence-electron chi connectivity index (χ1n) is 10.5. The summed E-state index contributed by atoms with van der Waals surface area (Å²) in [4.78, 5) is 28.8. The monoisotopic (exact) mass is 436 g/mol. The Morgan fingerprint density at radius 3 is 2.50 bits per heavy atom. The number of carbonyl (C=O) groups is 2. The number of benzene rings is 2. The average Bonchev–Trinajstić information content (AvgIpc) is 3.33. The lowest BCUT2D eigenvalue weighted by molar-refractivity contribution is 0.0711. The fourth-order valence-corrected chi connectivity index (χ4v) is 3.97. The number of aromatic amines is 1. The summed E-state index contributed by atoms with van der Waals surface area (Å²) >= 11 is 0. The summed E-state index contributed by atoms with van der Waals surface area (Å²) in [7, 11) is 3.11. The molecule has 1 N–H and O–H groups in total. The summed E-state index contributed by atoms with van der Waals surface area (Å²) in [5.74, 6) is -0.656. The minimum Gasteiger partial charge on any atom is -0.494 e. The van der Waals surface area contributed by atoms with E-state index in [1.54, 1.807) is 29.0 Å². The molecule has 2 aromatic carbocycles. The summed E-state index contributed by atoms with van der Waals surface area (Å²) in [6, 6.07) is 15.4. The number of anilines is 1. The molecule has 0 aliphatic carbocycles. The number of methoxy groups -OCH3 is 1. The first kappa shape index (κ1) is 21.5. The van der Waals surface area contributed by atoms with Crippen LogP contribution in [0.5, 0.6) is 5.75 Å². The summed E-state index contributed by atoms with van der Waals surface area (Å²) in [6.45, 7) is 1.09. The number of nitrogens with one attached hydrogen (secondary N) is 1. The highest BCUT2D eigenvalue weighted by molar-refractivity contribution is 6.04. The smallest absolute Gasteiger partial charge is 0.278 e. The number of halogens is 1. The molecule has 2 amide bonds. The first-order valence-corrected chi connectivity index (χ1v) is 10.5. The van der Waals surface area contributed by atoms with E-state index >= 15 is 0 Å². The Kier molecular flexibility index (Phi) is 6.20. The van der Waals surface area contributed by atoms with E-state index in [0.717, 1.165) is 24.2 Å². The van der Waals surface area contributed by atoms with Crippen LogP contribution >= 0.6 is 0 Å². The van der Waals surface area contributed by atoms with Gasteiger partial charge >= 0.3 is 0 Å². The fourth-order valence-electron chi connectivity index (χ4n) is 3.97. The lowest BCUT2D eigenvalue weighted by atomic mass is 9.93. The van der Waals surface area contributed by atoms with Gasteiger partial charge in [-0.15, -0.1) is 0 Å². The number of aromatic nitrogens is 2. The number of hydrogen-bond donors (Lipinski definition) is 1. The predicted molar refractivity (Wildman–Crippen MR) is 119 cm³/mol. The molecular weight excluding hydrogens is 411 g/mol. The second kappa shape index (κ2) is 9.21. The van der Waals surface area contributed by atoms with Crippen LogP contribution in [-0.4, -0.2) is 54.2 Å². The molecule has 8 heteroatoms. The second-order valence-corrected chi connectivity index (χ2v) is 7.82. The van der Waals surface area contributed by atoms with E-state index in [2.05, 4.69) is 10.2 Å². The van der Waals surface area contributed by atoms with Crippen LogP contribution in [0.2, 0.25) is 0 Å². The van der Waals surface area contributed by atoms with E-state index in [1.807, 2.05) is 30.3 Å². The number of ether oxygens (including phenoxy) is 1. The van der Waals surface area contributed by atoms with Crippen molar-refractivity contribution in [2.45, 2.75) is 18.8 Å². The molecule has 1 aliphatic heterocycles. The van der Waals surface area contributed by atoms with Gasteiger partial charge in [-0.2, -0.15) is 5.10 Å². The summed E-state index contributed by atoms with van der Waals surface area (Å²) in [5.41, 5.74) is 2.35. The molecule has 7 nitrogen and oxygen atoms in total. The minimum atomic E-state index is -0.552. The zero-order chi connectivity index (χ0) is 22.7. The lowest BCUT2D eigenvalue weighted by Crippen LogP contribution is -2.38. The molecule has 2 heterocycles. The molecule has 1 aliphatic rings. The third-order valence-electron chi connectivity index (χ3n) is 5.89. The number of carbonyl (C=O) groups excluding carboxylic acids is 2. The van der Waals surface area contributed by atoms with Crippen LogP contribution in [0, 0.1) is 5.82 Å². The molecule has 1 aromatic heterocycles. The van der Waals surface area contributed by atoms with Crippen molar-refractivity contribution in [3.8, 4) is 5.75 Å². The number of piperidine rings is 1. The number of H-pyrrole nitrogens is 1. The van der Waals surface area contributed by atoms with Gasteiger partial charge in [0.2, 0.25) is 0 Å². The number of nitrogens with zero attached hydrogens (tertiary/aromatic N) is 3. The Labute approximate surface area is 185 Å². The molecule has 32 heavy (non-hydrogen) atoms. The number of para-hydroxylation sites is 1. The van der Waals surface area contributed by atoms with E-state index in [9.17, 15) is 14.0 Å². The Bertz CT molecular complexity index is 1110. The molecule has 0 unspecified atom stereocenters. The zero-order valence-electron chi connectivity index (χ0n) is 18.0. The highest BCUT2D eigenvalue weighted by Crippen LogP contribution is 2.29. The van der Waals surface area contributed by atoms with Gasteiger partial charge in [-0.25, -0.2) is 4.39 Å². The number of likely N-dealkylation sites (tertiary alicyclic amines) is 1.